The molecule has 0 aliphatic carbocycles. The molecule has 28 heavy (non-hydrogen) atoms. The summed E-state index contributed by atoms with van der Waals surface area (Å²) in [5, 5.41) is 10.5. The Morgan fingerprint density at radius 2 is 1.75 bits per heavy atom. The fourth-order valence-corrected chi connectivity index (χ4v) is 2.89. The topological polar surface area (TPSA) is 94.3 Å². The van der Waals surface area contributed by atoms with Crippen LogP contribution in [0.1, 0.15) is 26.6 Å². The minimum Gasteiger partial charge on any atom is -0.497 e. The van der Waals surface area contributed by atoms with Crippen molar-refractivity contribution in [3.63, 3.8) is 0 Å². The molecule has 1 aromatic heterocycles. The highest BCUT2D eigenvalue weighted by atomic mass is 32.2. The molecule has 0 unspecified atom stereocenters. The minimum atomic E-state index is -0.417. The Bertz CT molecular complexity index is 958. The largest absolute Gasteiger partial charge is 0.497 e. The van der Waals surface area contributed by atoms with Crippen molar-refractivity contribution in [2.45, 2.75) is 11.8 Å². The molecule has 0 saturated carbocycles. The zero-order chi connectivity index (χ0) is 19.9. The molecule has 0 radical (unpaired) electrons. The van der Waals surface area contributed by atoms with Gasteiger partial charge in [-0.05, 0) is 48.5 Å². The normalized spacial score (nSPS) is 10.5. The van der Waals surface area contributed by atoms with Gasteiger partial charge in [0.1, 0.15) is 11.6 Å². The summed E-state index contributed by atoms with van der Waals surface area (Å²) < 4.78 is 23.3. The van der Waals surface area contributed by atoms with E-state index in [0.717, 1.165) is 11.8 Å². The van der Waals surface area contributed by atoms with Crippen LogP contribution in [0.2, 0.25) is 0 Å². The van der Waals surface area contributed by atoms with E-state index in [1.165, 1.54) is 24.3 Å². The van der Waals surface area contributed by atoms with E-state index < -0.39 is 5.82 Å². The van der Waals surface area contributed by atoms with Crippen LogP contribution in [0.15, 0.2) is 58.2 Å². The molecule has 2 aromatic carbocycles. The zero-order valence-electron chi connectivity index (χ0n) is 14.8. The van der Waals surface area contributed by atoms with Gasteiger partial charge in [0.15, 0.2) is 5.78 Å². The molecule has 0 fully saturated rings. The SMILES string of the molecule is COc1ccc(C(=O)CSc2nnc(CNC(=O)c3ccc(F)cc3)o2)cc1. The van der Waals surface area contributed by atoms with Crippen molar-refractivity contribution in [1.29, 1.82) is 0 Å². The van der Waals surface area contributed by atoms with E-state index in [2.05, 4.69) is 15.5 Å². The number of thioether (sulfide) groups is 1. The highest BCUT2D eigenvalue weighted by Crippen LogP contribution is 2.19. The van der Waals surface area contributed by atoms with E-state index in [9.17, 15) is 14.0 Å². The number of Topliss-reactive ketones (excluding diaryl/α,β-unsaturated/α-hetero) is 1. The molecule has 0 atom stereocenters. The van der Waals surface area contributed by atoms with Crippen LogP contribution in [0, 0.1) is 5.82 Å². The number of halogens is 1. The first-order valence-electron chi connectivity index (χ1n) is 8.21. The van der Waals surface area contributed by atoms with Gasteiger partial charge in [0.05, 0.1) is 19.4 Å². The number of rotatable bonds is 8. The number of methoxy groups -OCH3 is 1. The second-order valence-corrected chi connectivity index (χ2v) is 6.52. The van der Waals surface area contributed by atoms with E-state index in [1.54, 1.807) is 31.4 Å². The Morgan fingerprint density at radius 3 is 2.43 bits per heavy atom. The summed E-state index contributed by atoms with van der Waals surface area (Å²) in [6.45, 7) is 0.0240. The smallest absolute Gasteiger partial charge is 0.277 e. The Morgan fingerprint density at radius 1 is 1.07 bits per heavy atom. The van der Waals surface area contributed by atoms with Crippen molar-refractivity contribution >= 4 is 23.5 Å². The van der Waals surface area contributed by atoms with Crippen LogP contribution in [0.25, 0.3) is 0 Å². The van der Waals surface area contributed by atoms with Gasteiger partial charge in [0.25, 0.3) is 11.1 Å². The fourth-order valence-electron chi connectivity index (χ4n) is 2.21. The van der Waals surface area contributed by atoms with Crippen molar-refractivity contribution in [1.82, 2.24) is 15.5 Å². The molecule has 0 bridgehead atoms. The number of nitrogens with zero attached hydrogens (tertiary/aromatic N) is 2. The number of carbonyl (C=O) groups excluding carboxylic acids is 2. The third kappa shape index (κ3) is 5.17. The van der Waals surface area contributed by atoms with Crippen LogP contribution in [0.3, 0.4) is 0 Å². The molecule has 1 N–H and O–H groups in total. The highest BCUT2D eigenvalue weighted by molar-refractivity contribution is 7.99. The van der Waals surface area contributed by atoms with Gasteiger partial charge in [-0.25, -0.2) is 4.39 Å². The molecule has 1 heterocycles. The number of amides is 1. The van der Waals surface area contributed by atoms with Crippen molar-refractivity contribution in [2.24, 2.45) is 0 Å². The standard InChI is InChI=1S/C19H16FN3O4S/c1-26-15-8-4-12(5-9-15)16(24)11-28-19-23-22-17(27-19)10-21-18(25)13-2-6-14(20)7-3-13/h2-9H,10-11H2,1H3,(H,21,25). The third-order valence-corrected chi connectivity index (χ3v) is 4.51. The molecule has 7 nitrogen and oxygen atoms in total. The first kappa shape index (κ1) is 19.6. The van der Waals surface area contributed by atoms with E-state index in [0.29, 0.717) is 16.9 Å². The average molecular weight is 401 g/mol. The van der Waals surface area contributed by atoms with Crippen molar-refractivity contribution in [3.8, 4) is 5.75 Å². The van der Waals surface area contributed by atoms with Gasteiger partial charge in [-0.1, -0.05) is 11.8 Å². The Balaban J connectivity index is 1.48. The van der Waals surface area contributed by atoms with Gasteiger partial charge in [-0.2, -0.15) is 0 Å². The summed E-state index contributed by atoms with van der Waals surface area (Å²) in [6.07, 6.45) is 0. The van der Waals surface area contributed by atoms with Crippen LogP contribution >= 0.6 is 11.8 Å². The first-order chi connectivity index (χ1) is 13.5. The Kier molecular flexibility index (Phi) is 6.38. The predicted octanol–water partition coefficient (Wildman–Crippen LogP) is 3.12. The van der Waals surface area contributed by atoms with Crippen LogP contribution in [0.5, 0.6) is 5.75 Å². The van der Waals surface area contributed by atoms with Gasteiger partial charge < -0.3 is 14.5 Å². The van der Waals surface area contributed by atoms with E-state index in [4.69, 9.17) is 9.15 Å². The number of benzene rings is 2. The summed E-state index contributed by atoms with van der Waals surface area (Å²) in [4.78, 5) is 24.2. The third-order valence-electron chi connectivity index (χ3n) is 3.69. The summed E-state index contributed by atoms with van der Waals surface area (Å²) in [5.41, 5.74) is 0.875. The van der Waals surface area contributed by atoms with Gasteiger partial charge in [0.2, 0.25) is 5.89 Å². The van der Waals surface area contributed by atoms with E-state index >= 15 is 0 Å². The molecule has 0 aliphatic heterocycles. The lowest BCUT2D eigenvalue weighted by Gasteiger charge is -2.02. The molecule has 0 spiro atoms. The van der Waals surface area contributed by atoms with Gasteiger partial charge in [0, 0.05) is 11.1 Å². The Hall–Kier alpha value is -3.20. The Labute approximate surface area is 164 Å². The summed E-state index contributed by atoms with van der Waals surface area (Å²) in [6, 6.07) is 12.0. The second kappa shape index (κ2) is 9.14. The second-order valence-electron chi connectivity index (χ2n) is 5.59. The number of aromatic nitrogens is 2. The first-order valence-corrected chi connectivity index (χ1v) is 9.20. The molecule has 1 amide bonds. The molecule has 3 rings (SSSR count). The van der Waals surface area contributed by atoms with Gasteiger partial charge in [-0.3, -0.25) is 9.59 Å². The maximum atomic E-state index is 12.9. The maximum absolute atomic E-state index is 12.9. The van der Waals surface area contributed by atoms with Gasteiger partial charge >= 0.3 is 0 Å². The lowest BCUT2D eigenvalue weighted by molar-refractivity contribution is 0.0946. The predicted molar refractivity (Wildman–Crippen MR) is 99.9 cm³/mol. The molecule has 144 valence electrons. The zero-order valence-corrected chi connectivity index (χ0v) is 15.7. The van der Waals surface area contributed by atoms with Crippen molar-refractivity contribution in [3.05, 3.63) is 71.4 Å². The number of ketones is 1. The van der Waals surface area contributed by atoms with E-state index in [-0.39, 0.29) is 35.1 Å². The van der Waals surface area contributed by atoms with Crippen LogP contribution in [-0.2, 0) is 6.54 Å². The lowest BCUT2D eigenvalue weighted by Crippen LogP contribution is -2.22. The van der Waals surface area contributed by atoms with Crippen LogP contribution in [-0.4, -0.2) is 34.8 Å². The number of hydrogen-bond donors (Lipinski definition) is 1. The van der Waals surface area contributed by atoms with Crippen molar-refractivity contribution in [2.75, 3.05) is 12.9 Å². The number of nitrogens with one attached hydrogen (secondary N) is 1. The molecule has 0 aliphatic rings. The number of carbonyl (C=O) groups is 2. The number of ether oxygens (including phenoxy) is 1. The molecule has 3 aromatic rings. The van der Waals surface area contributed by atoms with Crippen LogP contribution < -0.4 is 10.1 Å². The molecular weight excluding hydrogens is 385 g/mol. The van der Waals surface area contributed by atoms with E-state index in [1.807, 2.05) is 0 Å². The maximum Gasteiger partial charge on any atom is 0.277 e. The number of hydrogen-bond acceptors (Lipinski definition) is 7. The minimum absolute atomic E-state index is 0.0240. The van der Waals surface area contributed by atoms with Gasteiger partial charge in [-0.15, -0.1) is 10.2 Å². The monoisotopic (exact) mass is 401 g/mol. The molecule has 9 heteroatoms. The lowest BCUT2D eigenvalue weighted by atomic mass is 10.1. The summed E-state index contributed by atoms with van der Waals surface area (Å²) >= 11 is 1.11. The molecular formula is C19H16FN3O4S. The quantitative estimate of drug-likeness (QED) is 0.458. The van der Waals surface area contributed by atoms with Crippen LogP contribution in [0.4, 0.5) is 4.39 Å². The average Bonchev–Trinajstić information content (AvgIpc) is 3.18. The molecule has 0 saturated heterocycles. The summed E-state index contributed by atoms with van der Waals surface area (Å²) in [5.74, 6) is 0.123. The van der Waals surface area contributed by atoms with Crippen molar-refractivity contribution < 1.29 is 23.1 Å². The summed E-state index contributed by atoms with van der Waals surface area (Å²) in [7, 11) is 1.56. The highest BCUT2D eigenvalue weighted by Gasteiger charge is 2.13. The fraction of sp³-hybridized carbons (Fsp3) is 0.158.